The monoisotopic (exact) mass is 439 g/mol. The Balaban J connectivity index is 1.51. The van der Waals surface area contributed by atoms with Gasteiger partial charge in [0.2, 0.25) is 15.9 Å². The maximum absolute atomic E-state index is 13.1. The lowest BCUT2D eigenvalue weighted by Gasteiger charge is -2.23. The summed E-state index contributed by atoms with van der Waals surface area (Å²) in [7, 11) is -3.76. The molecule has 1 heterocycles. The van der Waals surface area contributed by atoms with E-state index in [1.165, 1.54) is 24.3 Å². The minimum absolute atomic E-state index is 0.00109. The van der Waals surface area contributed by atoms with Crippen LogP contribution in [0.2, 0.25) is 5.02 Å². The molecule has 1 aliphatic rings. The van der Waals surface area contributed by atoms with Gasteiger partial charge in [0.05, 0.1) is 5.02 Å². The minimum atomic E-state index is -3.76. The molecule has 0 atom stereocenters. The van der Waals surface area contributed by atoms with Gasteiger partial charge in [-0.1, -0.05) is 23.7 Å². The summed E-state index contributed by atoms with van der Waals surface area (Å²) in [5.41, 5.74) is 0.924. The van der Waals surface area contributed by atoms with Crippen LogP contribution in [0.15, 0.2) is 53.4 Å². The Morgan fingerprint density at radius 1 is 1.03 bits per heavy atom. The molecule has 2 aromatic rings. The summed E-state index contributed by atoms with van der Waals surface area (Å²) in [5.74, 6) is -0.382. The van der Waals surface area contributed by atoms with Gasteiger partial charge in [0.25, 0.3) is 0 Å². The Bertz CT molecular complexity index is 954. The van der Waals surface area contributed by atoms with Crippen LogP contribution in [0.5, 0.6) is 0 Å². The van der Waals surface area contributed by atoms with Crippen LogP contribution in [0.3, 0.4) is 0 Å². The molecule has 0 saturated carbocycles. The first kappa shape index (κ1) is 21.5. The smallest absolute Gasteiger partial charge is 0.242 e. The average molecular weight is 440 g/mol. The van der Waals surface area contributed by atoms with Crippen molar-refractivity contribution in [3.05, 3.63) is 59.4 Å². The van der Waals surface area contributed by atoms with Gasteiger partial charge in [-0.15, -0.1) is 0 Å². The summed E-state index contributed by atoms with van der Waals surface area (Å²) in [6, 6.07) is 12.5. The Labute approximate surface area is 175 Å². The number of carbonyl (C=O) groups is 1. The minimum Gasteiger partial charge on any atom is -0.370 e. The van der Waals surface area contributed by atoms with E-state index in [-0.39, 0.29) is 34.6 Å². The Morgan fingerprint density at radius 3 is 2.48 bits per heavy atom. The van der Waals surface area contributed by atoms with Crippen LogP contribution < -0.4 is 9.62 Å². The lowest BCUT2D eigenvalue weighted by atomic mass is 10.2. The van der Waals surface area contributed by atoms with Gasteiger partial charge >= 0.3 is 0 Å². The third-order valence-corrected chi connectivity index (χ3v) is 6.76. The molecule has 1 saturated heterocycles. The number of halogens is 2. The molecule has 6 nitrogen and oxygen atoms in total. The second-order valence-corrected chi connectivity index (χ2v) is 8.92. The van der Waals surface area contributed by atoms with E-state index in [1.807, 2.05) is 0 Å². The Kier molecular flexibility index (Phi) is 7.10. The van der Waals surface area contributed by atoms with E-state index in [2.05, 4.69) is 9.62 Å². The molecule has 9 heteroatoms. The first-order valence-electron chi connectivity index (χ1n) is 9.39. The number of anilines is 1. The summed E-state index contributed by atoms with van der Waals surface area (Å²) < 4.78 is 40.2. The van der Waals surface area contributed by atoms with E-state index < -0.39 is 10.0 Å². The molecule has 0 aliphatic carbocycles. The molecule has 0 bridgehead atoms. The van der Waals surface area contributed by atoms with Crippen LogP contribution in [0.25, 0.3) is 0 Å². The van der Waals surface area contributed by atoms with Crippen molar-refractivity contribution in [1.82, 2.24) is 9.62 Å². The molecule has 1 aliphatic heterocycles. The van der Waals surface area contributed by atoms with Gasteiger partial charge in [0, 0.05) is 44.8 Å². The number of hydrogen-bond acceptors (Lipinski definition) is 4. The van der Waals surface area contributed by atoms with Crippen molar-refractivity contribution in [2.24, 2.45) is 0 Å². The van der Waals surface area contributed by atoms with Crippen LogP contribution >= 0.6 is 11.6 Å². The lowest BCUT2D eigenvalue weighted by Crippen LogP contribution is -2.37. The molecular weight excluding hydrogens is 417 g/mol. The molecule has 3 rings (SSSR count). The molecule has 156 valence electrons. The van der Waals surface area contributed by atoms with Crippen molar-refractivity contribution in [1.29, 1.82) is 0 Å². The maximum atomic E-state index is 13.1. The molecule has 29 heavy (non-hydrogen) atoms. The van der Waals surface area contributed by atoms with Gasteiger partial charge < -0.3 is 9.80 Å². The number of sulfonamides is 1. The van der Waals surface area contributed by atoms with Crippen LogP contribution in [0.4, 0.5) is 10.1 Å². The van der Waals surface area contributed by atoms with Crippen molar-refractivity contribution in [3.63, 3.8) is 0 Å². The number of carbonyl (C=O) groups excluding carboxylic acids is 1. The average Bonchev–Trinajstić information content (AvgIpc) is 2.95. The zero-order valence-corrected chi connectivity index (χ0v) is 17.4. The molecule has 0 unspecified atom stereocenters. The fraction of sp³-hybridized carbons (Fsp3) is 0.350. The van der Waals surface area contributed by atoms with E-state index in [1.54, 1.807) is 29.2 Å². The lowest BCUT2D eigenvalue weighted by molar-refractivity contribution is -0.130. The largest absolute Gasteiger partial charge is 0.370 e. The van der Waals surface area contributed by atoms with Gasteiger partial charge in [-0.2, -0.15) is 0 Å². The van der Waals surface area contributed by atoms with E-state index in [4.69, 9.17) is 11.6 Å². The van der Waals surface area contributed by atoms with Crippen LogP contribution in [0, 0.1) is 5.82 Å². The molecule has 1 amide bonds. The van der Waals surface area contributed by atoms with Gasteiger partial charge in [0.1, 0.15) is 10.7 Å². The Morgan fingerprint density at radius 2 is 1.76 bits per heavy atom. The second kappa shape index (κ2) is 9.56. The van der Waals surface area contributed by atoms with Gasteiger partial charge in [-0.3, -0.25) is 4.79 Å². The molecule has 0 aromatic heterocycles. The van der Waals surface area contributed by atoms with Crippen LogP contribution in [0.1, 0.15) is 12.8 Å². The molecule has 1 fully saturated rings. The highest BCUT2D eigenvalue weighted by Crippen LogP contribution is 2.20. The number of rotatable bonds is 6. The highest BCUT2D eigenvalue weighted by molar-refractivity contribution is 7.89. The van der Waals surface area contributed by atoms with Crippen molar-refractivity contribution >= 4 is 33.2 Å². The van der Waals surface area contributed by atoms with Gasteiger partial charge in [0.15, 0.2) is 0 Å². The number of hydrogen-bond donors (Lipinski definition) is 1. The van der Waals surface area contributed by atoms with Crippen LogP contribution in [-0.2, 0) is 14.8 Å². The van der Waals surface area contributed by atoms with Crippen LogP contribution in [-0.4, -0.2) is 51.9 Å². The quantitative estimate of drug-likeness (QED) is 0.751. The SMILES string of the molecule is O=C(CCNS(=O)(=O)c1ccccc1Cl)N1CCCN(c2ccc(F)cc2)CC1. The van der Waals surface area contributed by atoms with E-state index in [0.717, 1.165) is 18.7 Å². The van der Waals surface area contributed by atoms with Crippen molar-refractivity contribution < 1.29 is 17.6 Å². The standard InChI is InChI=1S/C20H23ClFN3O3S/c21-18-4-1-2-5-19(18)29(27,28)23-11-10-20(26)25-13-3-12-24(14-15-25)17-8-6-16(22)7-9-17/h1-2,4-9,23H,3,10-15H2. The number of amides is 1. The van der Waals surface area contributed by atoms with Crippen molar-refractivity contribution in [2.75, 3.05) is 37.6 Å². The highest BCUT2D eigenvalue weighted by atomic mass is 35.5. The first-order valence-corrected chi connectivity index (χ1v) is 11.3. The molecule has 0 radical (unpaired) electrons. The number of benzene rings is 2. The zero-order chi connectivity index (χ0) is 20.9. The summed E-state index contributed by atoms with van der Waals surface area (Å²) in [6.45, 7) is 2.56. The van der Waals surface area contributed by atoms with E-state index in [0.29, 0.717) is 19.6 Å². The normalized spacial score (nSPS) is 15.2. The summed E-state index contributed by atoms with van der Waals surface area (Å²) in [5, 5.41) is 0.139. The summed E-state index contributed by atoms with van der Waals surface area (Å²) in [6.07, 6.45) is 0.856. The van der Waals surface area contributed by atoms with E-state index >= 15 is 0 Å². The summed E-state index contributed by atoms with van der Waals surface area (Å²) >= 11 is 5.94. The highest BCUT2D eigenvalue weighted by Gasteiger charge is 2.21. The number of nitrogens with one attached hydrogen (secondary N) is 1. The second-order valence-electron chi connectivity index (χ2n) is 6.78. The zero-order valence-electron chi connectivity index (χ0n) is 15.9. The fourth-order valence-electron chi connectivity index (χ4n) is 3.27. The topological polar surface area (TPSA) is 69.7 Å². The van der Waals surface area contributed by atoms with E-state index in [9.17, 15) is 17.6 Å². The van der Waals surface area contributed by atoms with Gasteiger partial charge in [-0.25, -0.2) is 17.5 Å². The summed E-state index contributed by atoms with van der Waals surface area (Å²) in [4.78, 5) is 16.4. The third kappa shape index (κ3) is 5.68. The Hall–Kier alpha value is -2.16. The fourth-order valence-corrected chi connectivity index (χ4v) is 4.82. The van der Waals surface area contributed by atoms with Gasteiger partial charge in [-0.05, 0) is 42.8 Å². The predicted molar refractivity (Wildman–Crippen MR) is 111 cm³/mol. The molecular formula is C20H23ClFN3O3S. The predicted octanol–water partition coefficient (Wildman–Crippen LogP) is 2.89. The van der Waals surface area contributed by atoms with Crippen molar-refractivity contribution in [3.8, 4) is 0 Å². The molecule has 2 aromatic carbocycles. The molecule has 0 spiro atoms. The number of nitrogens with zero attached hydrogens (tertiary/aromatic N) is 2. The third-order valence-electron chi connectivity index (χ3n) is 4.80. The molecule has 1 N–H and O–H groups in total. The first-order chi connectivity index (χ1) is 13.9. The van der Waals surface area contributed by atoms with Crippen molar-refractivity contribution in [2.45, 2.75) is 17.7 Å². The maximum Gasteiger partial charge on any atom is 0.242 e.